The third-order valence-electron chi connectivity index (χ3n) is 4.46. The molecule has 0 spiro atoms. The van der Waals surface area contributed by atoms with E-state index in [-0.39, 0.29) is 0 Å². The van der Waals surface area contributed by atoms with E-state index in [1.807, 2.05) is 24.3 Å². The highest BCUT2D eigenvalue weighted by molar-refractivity contribution is 6.20. The number of nitrogens with zero attached hydrogens (tertiary/aromatic N) is 1. The van der Waals surface area contributed by atoms with Gasteiger partial charge in [-0.25, -0.2) is 0 Å². The first kappa shape index (κ1) is 11.8. The zero-order chi connectivity index (χ0) is 14.7. The second-order valence-corrected chi connectivity index (χ2v) is 5.56. The van der Waals surface area contributed by atoms with Gasteiger partial charge in [0, 0.05) is 21.5 Å². The largest absolute Gasteiger partial charge is 0.454 e. The quantitative estimate of drug-likeness (QED) is 0.489. The summed E-state index contributed by atoms with van der Waals surface area (Å²) in [5.74, 6) is 0. The molecule has 2 heterocycles. The van der Waals surface area contributed by atoms with Crippen molar-refractivity contribution in [3.63, 3.8) is 0 Å². The first-order chi connectivity index (χ1) is 10.9. The van der Waals surface area contributed by atoms with Gasteiger partial charge in [-0.3, -0.25) is 0 Å². The molecular weight excluding hydrogens is 272 g/mol. The van der Waals surface area contributed by atoms with E-state index in [1.54, 1.807) is 0 Å². The summed E-state index contributed by atoms with van der Waals surface area (Å²) >= 11 is 0. The molecule has 22 heavy (non-hydrogen) atoms. The summed E-state index contributed by atoms with van der Waals surface area (Å²) in [5, 5.41) is 4.69. The van der Waals surface area contributed by atoms with Crippen LogP contribution in [0.4, 0.5) is 0 Å². The maximum Gasteiger partial charge on any atom is 0.159 e. The molecule has 0 saturated carbocycles. The van der Waals surface area contributed by atoms with Crippen LogP contribution in [0.3, 0.4) is 0 Å². The van der Waals surface area contributed by atoms with Crippen LogP contribution in [0.5, 0.6) is 0 Å². The first-order valence-corrected chi connectivity index (χ1v) is 7.40. The SMILES string of the molecule is NCn1c2ccccc2c2ccc3c4ccccc4oc3c21. The van der Waals surface area contributed by atoms with Crippen molar-refractivity contribution in [2.75, 3.05) is 0 Å². The van der Waals surface area contributed by atoms with E-state index in [0.717, 1.165) is 33.0 Å². The van der Waals surface area contributed by atoms with Crippen LogP contribution in [0.2, 0.25) is 0 Å². The summed E-state index contributed by atoms with van der Waals surface area (Å²) in [6, 6.07) is 20.8. The molecule has 2 N–H and O–H groups in total. The van der Waals surface area contributed by atoms with Gasteiger partial charge in [0.25, 0.3) is 0 Å². The molecule has 0 atom stereocenters. The van der Waals surface area contributed by atoms with Gasteiger partial charge >= 0.3 is 0 Å². The molecule has 5 aromatic rings. The molecule has 3 heteroatoms. The number of fused-ring (bicyclic) bond motifs is 7. The lowest BCUT2D eigenvalue weighted by Crippen LogP contribution is -2.06. The molecule has 0 aliphatic carbocycles. The molecular formula is C19H14N2O. The molecule has 0 bridgehead atoms. The van der Waals surface area contributed by atoms with Crippen molar-refractivity contribution < 1.29 is 4.42 Å². The van der Waals surface area contributed by atoms with Crippen molar-refractivity contribution in [3.05, 3.63) is 60.7 Å². The van der Waals surface area contributed by atoms with E-state index in [4.69, 9.17) is 10.2 Å². The first-order valence-electron chi connectivity index (χ1n) is 7.40. The zero-order valence-corrected chi connectivity index (χ0v) is 11.9. The molecule has 0 amide bonds. The Balaban J connectivity index is 2.12. The standard InChI is InChI=1S/C19H14N2O/c20-11-21-16-7-3-1-5-12(16)14-9-10-15-13-6-2-4-8-17(13)22-19(15)18(14)21/h1-10H,11,20H2. The Kier molecular flexibility index (Phi) is 2.22. The highest BCUT2D eigenvalue weighted by Gasteiger charge is 2.16. The Morgan fingerprint density at radius 3 is 2.36 bits per heavy atom. The smallest absolute Gasteiger partial charge is 0.159 e. The van der Waals surface area contributed by atoms with Gasteiger partial charge in [0.1, 0.15) is 5.58 Å². The maximum atomic E-state index is 6.16. The van der Waals surface area contributed by atoms with Crippen LogP contribution >= 0.6 is 0 Å². The number of nitrogens with two attached hydrogens (primary N) is 1. The monoisotopic (exact) mass is 286 g/mol. The number of aromatic nitrogens is 1. The summed E-state index contributed by atoms with van der Waals surface area (Å²) in [6.07, 6.45) is 0. The van der Waals surface area contributed by atoms with Crippen LogP contribution in [0.15, 0.2) is 65.1 Å². The Morgan fingerprint density at radius 2 is 1.50 bits per heavy atom. The summed E-state index contributed by atoms with van der Waals surface area (Å²) in [4.78, 5) is 0. The van der Waals surface area contributed by atoms with E-state index in [2.05, 4.69) is 41.0 Å². The highest BCUT2D eigenvalue weighted by atomic mass is 16.3. The van der Waals surface area contributed by atoms with E-state index < -0.39 is 0 Å². The third kappa shape index (κ3) is 1.34. The van der Waals surface area contributed by atoms with Gasteiger partial charge in [0.15, 0.2) is 5.58 Å². The number of hydrogen-bond donors (Lipinski definition) is 1. The van der Waals surface area contributed by atoms with E-state index in [1.165, 1.54) is 10.8 Å². The fraction of sp³-hybridized carbons (Fsp3) is 0.0526. The Bertz CT molecular complexity index is 1160. The van der Waals surface area contributed by atoms with Crippen LogP contribution in [0, 0.1) is 0 Å². The van der Waals surface area contributed by atoms with Gasteiger partial charge in [-0.05, 0) is 18.2 Å². The van der Waals surface area contributed by atoms with Gasteiger partial charge in [-0.2, -0.15) is 0 Å². The minimum atomic E-state index is 0.431. The highest BCUT2D eigenvalue weighted by Crippen LogP contribution is 2.38. The second kappa shape index (κ2) is 4.12. The minimum Gasteiger partial charge on any atom is -0.454 e. The van der Waals surface area contributed by atoms with Crippen molar-refractivity contribution in [1.82, 2.24) is 4.57 Å². The Labute approximate surface area is 126 Å². The number of hydrogen-bond acceptors (Lipinski definition) is 2. The summed E-state index contributed by atoms with van der Waals surface area (Å²) in [6.45, 7) is 0.431. The van der Waals surface area contributed by atoms with Crippen molar-refractivity contribution in [1.29, 1.82) is 0 Å². The summed E-state index contributed by atoms with van der Waals surface area (Å²) in [5.41, 5.74) is 10.1. The van der Waals surface area contributed by atoms with Crippen LogP contribution in [0.25, 0.3) is 43.7 Å². The van der Waals surface area contributed by atoms with E-state index in [9.17, 15) is 0 Å². The van der Waals surface area contributed by atoms with Crippen molar-refractivity contribution >= 4 is 43.7 Å². The number of benzene rings is 3. The van der Waals surface area contributed by atoms with Gasteiger partial charge < -0.3 is 14.7 Å². The minimum absolute atomic E-state index is 0.431. The zero-order valence-electron chi connectivity index (χ0n) is 11.9. The van der Waals surface area contributed by atoms with Crippen molar-refractivity contribution in [2.24, 2.45) is 5.73 Å². The van der Waals surface area contributed by atoms with Crippen molar-refractivity contribution in [3.8, 4) is 0 Å². The number of furan rings is 1. The fourth-order valence-electron chi connectivity index (χ4n) is 3.51. The number of rotatable bonds is 1. The van der Waals surface area contributed by atoms with Crippen molar-refractivity contribution in [2.45, 2.75) is 6.67 Å². The van der Waals surface area contributed by atoms with Crippen LogP contribution in [-0.4, -0.2) is 4.57 Å². The summed E-state index contributed by atoms with van der Waals surface area (Å²) < 4.78 is 8.30. The van der Waals surface area contributed by atoms with E-state index in [0.29, 0.717) is 6.67 Å². The van der Waals surface area contributed by atoms with Gasteiger partial charge in [-0.15, -0.1) is 0 Å². The molecule has 0 unspecified atom stereocenters. The molecule has 3 aromatic carbocycles. The molecule has 106 valence electrons. The second-order valence-electron chi connectivity index (χ2n) is 5.56. The molecule has 5 rings (SSSR count). The average Bonchev–Trinajstić information content (AvgIpc) is 3.10. The van der Waals surface area contributed by atoms with Gasteiger partial charge in [-0.1, -0.05) is 42.5 Å². The molecule has 0 aliphatic rings. The molecule has 2 aromatic heterocycles. The van der Waals surface area contributed by atoms with Gasteiger partial charge in [0.2, 0.25) is 0 Å². The predicted molar refractivity (Wildman–Crippen MR) is 90.9 cm³/mol. The Hall–Kier alpha value is -2.78. The molecule has 0 radical (unpaired) electrons. The maximum absolute atomic E-state index is 6.16. The molecule has 0 fully saturated rings. The predicted octanol–water partition coefficient (Wildman–Crippen LogP) is 4.61. The lowest BCUT2D eigenvalue weighted by atomic mass is 10.1. The lowest BCUT2D eigenvalue weighted by Gasteiger charge is -2.02. The topological polar surface area (TPSA) is 44.1 Å². The number of para-hydroxylation sites is 2. The van der Waals surface area contributed by atoms with E-state index >= 15 is 0 Å². The van der Waals surface area contributed by atoms with Gasteiger partial charge in [0.05, 0.1) is 17.7 Å². The molecule has 0 aliphatic heterocycles. The Morgan fingerprint density at radius 1 is 0.773 bits per heavy atom. The average molecular weight is 286 g/mol. The van der Waals surface area contributed by atoms with Crippen LogP contribution in [0.1, 0.15) is 0 Å². The molecule has 0 saturated heterocycles. The van der Waals surface area contributed by atoms with Crippen LogP contribution in [-0.2, 0) is 6.67 Å². The normalized spacial score (nSPS) is 12.0. The molecule has 3 nitrogen and oxygen atoms in total. The lowest BCUT2D eigenvalue weighted by molar-refractivity contribution is 0.667. The summed E-state index contributed by atoms with van der Waals surface area (Å²) in [7, 11) is 0. The van der Waals surface area contributed by atoms with Crippen LogP contribution < -0.4 is 5.73 Å². The fourth-order valence-corrected chi connectivity index (χ4v) is 3.51. The third-order valence-corrected chi connectivity index (χ3v) is 4.46.